The van der Waals surface area contributed by atoms with Gasteiger partial charge in [-0.1, -0.05) is 0 Å². The maximum atomic E-state index is 9.87. The molecule has 0 unspecified atom stereocenters. The molecule has 0 amide bonds. The standard InChI is InChI=1S/6FH.2K.Pt/h6*1H;;;/q;;;;;;2*+1;+4/p-6. The van der Waals surface area contributed by atoms with Crippen LogP contribution in [0.15, 0.2) is 0 Å². The molecule has 9 heavy (non-hydrogen) atoms. The molecule has 0 rings (SSSR count). The molecule has 0 saturated heterocycles. The quantitative estimate of drug-likeness (QED) is 0.286. The smallest absolute Gasteiger partial charge is 1.00 e. The molecule has 0 aromatic rings. The van der Waals surface area contributed by atoms with Crippen LogP contribution >= 0.6 is 0 Å². The SMILES string of the molecule is [F-].[F-].[F][Pt]([F])([F])[F].[K+].[K+]. The zero-order valence-corrected chi connectivity index (χ0v) is 13.1. The Morgan fingerprint density at radius 3 is 0.667 bits per heavy atom. The second-order valence-corrected chi connectivity index (χ2v) is 2.22. The fourth-order valence-corrected chi connectivity index (χ4v) is 0. The van der Waals surface area contributed by atoms with Crippen LogP contribution in [0.2, 0.25) is 0 Å². The fraction of sp³-hybridized carbons (Fsp3) is 0. The van der Waals surface area contributed by atoms with Crippen molar-refractivity contribution in [2.45, 2.75) is 0 Å². The van der Waals surface area contributed by atoms with Gasteiger partial charge in [0.25, 0.3) is 0 Å². The van der Waals surface area contributed by atoms with Gasteiger partial charge in [-0.3, -0.25) is 0 Å². The Kier molecular flexibility index (Phi) is 46.0. The molecule has 0 aliphatic heterocycles. The molecule has 0 aromatic heterocycles. The van der Waals surface area contributed by atoms with Gasteiger partial charge in [-0.15, -0.1) is 0 Å². The van der Waals surface area contributed by atoms with Crippen molar-refractivity contribution in [3.05, 3.63) is 0 Å². The summed E-state index contributed by atoms with van der Waals surface area (Å²) in [5.41, 5.74) is 0. The summed E-state index contributed by atoms with van der Waals surface area (Å²) >= 11 is -6.94. The van der Waals surface area contributed by atoms with Gasteiger partial charge in [-0.25, -0.2) is 0 Å². The van der Waals surface area contributed by atoms with Crippen LogP contribution in [0.4, 0.5) is 12.6 Å². The molecule has 54 valence electrons. The van der Waals surface area contributed by atoms with Gasteiger partial charge in [-0.2, -0.15) is 0 Å². The van der Waals surface area contributed by atoms with E-state index >= 15 is 0 Å². The third-order valence-corrected chi connectivity index (χ3v) is 0. The molecule has 0 bridgehead atoms. The van der Waals surface area contributed by atoms with E-state index in [1.165, 1.54) is 0 Å². The zero-order chi connectivity index (χ0) is 4.50. The van der Waals surface area contributed by atoms with Crippen molar-refractivity contribution >= 4 is 0 Å². The maximum absolute atomic E-state index is 9.87. The molecule has 0 atom stereocenters. The molecule has 0 aromatic carbocycles. The summed E-state index contributed by atoms with van der Waals surface area (Å²) in [6.45, 7) is 0. The predicted molar refractivity (Wildman–Crippen MR) is 4.43 cm³/mol. The summed E-state index contributed by atoms with van der Waals surface area (Å²) in [6.07, 6.45) is 0. The van der Waals surface area contributed by atoms with Crippen LogP contribution in [0.25, 0.3) is 0 Å². The molecule has 0 fully saturated rings. The zero-order valence-electron chi connectivity index (χ0n) is 4.58. The summed E-state index contributed by atoms with van der Waals surface area (Å²) in [5, 5.41) is 0. The minimum atomic E-state index is -6.94. The van der Waals surface area contributed by atoms with Crippen molar-refractivity contribution in [2.75, 3.05) is 0 Å². The first kappa shape index (κ1) is 29.4. The molecule has 0 heterocycles. The van der Waals surface area contributed by atoms with Crippen molar-refractivity contribution in [2.24, 2.45) is 0 Å². The Morgan fingerprint density at radius 2 is 0.667 bits per heavy atom. The molecule has 0 spiro atoms. The molecular formula is F6K2Pt. The molecule has 0 saturated carbocycles. The average molecular weight is 387 g/mol. The predicted octanol–water partition coefficient (Wildman–Crippen LogP) is -10.3. The van der Waals surface area contributed by atoms with Gasteiger partial charge < -0.3 is 9.41 Å². The summed E-state index contributed by atoms with van der Waals surface area (Å²) in [4.78, 5) is 0. The second-order valence-electron chi connectivity index (χ2n) is 0.271. The topological polar surface area (TPSA) is 0 Å². The van der Waals surface area contributed by atoms with Crippen molar-refractivity contribution in [1.82, 2.24) is 0 Å². The Hall–Kier alpha value is 3.54. The van der Waals surface area contributed by atoms with Crippen molar-refractivity contribution in [1.29, 1.82) is 0 Å². The summed E-state index contributed by atoms with van der Waals surface area (Å²) < 4.78 is 39.5. The van der Waals surface area contributed by atoms with Crippen LogP contribution < -0.4 is 112 Å². The Labute approximate surface area is 139 Å². The third kappa shape index (κ3) is 83.8. The molecule has 0 aliphatic rings. The maximum Gasteiger partial charge on any atom is 1.00 e. The van der Waals surface area contributed by atoms with Crippen LogP contribution in [0.5, 0.6) is 0 Å². The number of halogens is 6. The molecule has 9 heteroatoms. The normalized spacial score (nSPS) is 8.44. The van der Waals surface area contributed by atoms with E-state index in [1.54, 1.807) is 0 Å². The number of rotatable bonds is 0. The monoisotopic (exact) mass is 387 g/mol. The van der Waals surface area contributed by atoms with Crippen molar-refractivity contribution < 1.29 is 143 Å². The number of hydrogen-bond donors (Lipinski definition) is 0. The van der Waals surface area contributed by atoms with Gasteiger partial charge in [0, 0.05) is 0 Å². The van der Waals surface area contributed by atoms with Gasteiger partial charge in [-0.05, 0) is 0 Å². The van der Waals surface area contributed by atoms with E-state index in [0.29, 0.717) is 0 Å². The minimum Gasteiger partial charge on any atom is 1.00 e. The van der Waals surface area contributed by atoms with Crippen LogP contribution in [-0.4, -0.2) is 0 Å². The first-order chi connectivity index (χ1) is 2.00. The van der Waals surface area contributed by atoms with Gasteiger partial charge in [0.2, 0.25) is 0 Å². The third-order valence-electron chi connectivity index (χ3n) is 0. The minimum absolute atomic E-state index is 0. The second kappa shape index (κ2) is 14.1. The van der Waals surface area contributed by atoms with Crippen molar-refractivity contribution in [3.8, 4) is 0 Å². The van der Waals surface area contributed by atoms with E-state index in [1.807, 2.05) is 0 Å². The van der Waals surface area contributed by atoms with Crippen LogP contribution in [-0.2, 0) is 18.2 Å². The van der Waals surface area contributed by atoms with Crippen LogP contribution in [0, 0.1) is 0 Å². The van der Waals surface area contributed by atoms with E-state index < -0.39 is 18.2 Å². The average Bonchev–Trinajstić information content (AvgIpc) is 0.722. The number of hydrogen-bond acceptors (Lipinski definition) is 0. The first-order valence-electron chi connectivity index (χ1n) is 0.478. The van der Waals surface area contributed by atoms with Gasteiger partial charge >= 0.3 is 134 Å². The molecule has 0 nitrogen and oxygen atoms in total. The Balaban J connectivity index is -0.0000000133. The van der Waals surface area contributed by atoms with Gasteiger partial charge in [0.15, 0.2) is 0 Å². The van der Waals surface area contributed by atoms with E-state index in [4.69, 9.17) is 0 Å². The van der Waals surface area contributed by atoms with Crippen molar-refractivity contribution in [3.63, 3.8) is 0 Å². The largest absolute Gasteiger partial charge is 1.00 e. The van der Waals surface area contributed by atoms with E-state index in [2.05, 4.69) is 0 Å². The molecular weight excluding hydrogens is 387 g/mol. The molecule has 0 aliphatic carbocycles. The van der Waals surface area contributed by atoms with Gasteiger partial charge in [0.05, 0.1) is 0 Å². The van der Waals surface area contributed by atoms with Gasteiger partial charge in [0.1, 0.15) is 0 Å². The van der Waals surface area contributed by atoms with E-state index in [-0.39, 0.29) is 112 Å². The Morgan fingerprint density at radius 1 is 0.667 bits per heavy atom. The Bertz CT molecular complexity index is 26.5. The van der Waals surface area contributed by atoms with Crippen LogP contribution in [0.3, 0.4) is 0 Å². The summed E-state index contributed by atoms with van der Waals surface area (Å²) in [7, 11) is 0. The van der Waals surface area contributed by atoms with E-state index in [0.717, 1.165) is 0 Å². The van der Waals surface area contributed by atoms with Crippen LogP contribution in [0.1, 0.15) is 0 Å². The summed E-state index contributed by atoms with van der Waals surface area (Å²) in [6, 6.07) is 0. The summed E-state index contributed by atoms with van der Waals surface area (Å²) in [5.74, 6) is 0. The fourth-order valence-electron chi connectivity index (χ4n) is 0. The molecule has 0 N–H and O–H groups in total. The molecule has 0 radical (unpaired) electrons. The first-order valence-corrected chi connectivity index (χ1v) is 3.91. The van der Waals surface area contributed by atoms with E-state index in [9.17, 15) is 12.6 Å².